The average Bonchev–Trinajstić information content (AvgIpc) is 2.88. The number of nitrogens with one attached hydrogen (secondary N) is 1. The van der Waals surface area contributed by atoms with Gasteiger partial charge in [-0.05, 0) is 58.6 Å². The summed E-state index contributed by atoms with van der Waals surface area (Å²) in [6.07, 6.45) is 1.73. The first-order valence-corrected chi connectivity index (χ1v) is 9.41. The minimum atomic E-state index is -0.341. The van der Waals surface area contributed by atoms with Crippen molar-refractivity contribution in [3.05, 3.63) is 70.4 Å². The van der Waals surface area contributed by atoms with Crippen molar-refractivity contribution in [2.45, 2.75) is 26.2 Å². The highest BCUT2D eigenvalue weighted by Crippen LogP contribution is 2.32. The summed E-state index contributed by atoms with van der Waals surface area (Å²) < 4.78 is 12.9. The van der Waals surface area contributed by atoms with E-state index in [1.807, 2.05) is 24.3 Å². The Bertz CT molecular complexity index is 884. The molecule has 0 bridgehead atoms. The van der Waals surface area contributed by atoms with Gasteiger partial charge in [0.05, 0.1) is 11.6 Å². The van der Waals surface area contributed by atoms with Crippen molar-refractivity contribution in [3.8, 4) is 0 Å². The predicted molar refractivity (Wildman–Crippen MR) is 108 cm³/mol. The van der Waals surface area contributed by atoms with E-state index in [9.17, 15) is 14.0 Å². The lowest BCUT2D eigenvalue weighted by Crippen LogP contribution is -2.33. The van der Waals surface area contributed by atoms with Gasteiger partial charge in [-0.3, -0.25) is 14.5 Å². The second-order valence-electron chi connectivity index (χ2n) is 7.32. The third-order valence-corrected chi connectivity index (χ3v) is 5.14. The van der Waals surface area contributed by atoms with Gasteiger partial charge >= 0.3 is 0 Å². The molecule has 0 aliphatic carbocycles. The van der Waals surface area contributed by atoms with E-state index in [4.69, 9.17) is 0 Å². The van der Waals surface area contributed by atoms with Gasteiger partial charge in [-0.15, -0.1) is 0 Å². The van der Waals surface area contributed by atoms with Crippen LogP contribution in [0.4, 0.5) is 14.9 Å². The van der Waals surface area contributed by atoms with Crippen LogP contribution >= 0.6 is 11.8 Å². The highest BCUT2D eigenvalue weighted by atomic mass is 32.2. The van der Waals surface area contributed by atoms with Crippen LogP contribution in [0.15, 0.2) is 53.4 Å². The molecule has 0 saturated carbocycles. The van der Waals surface area contributed by atoms with Gasteiger partial charge in [0.25, 0.3) is 11.1 Å². The van der Waals surface area contributed by atoms with Gasteiger partial charge in [-0.25, -0.2) is 4.39 Å². The summed E-state index contributed by atoms with van der Waals surface area (Å²) in [7, 11) is 0. The van der Waals surface area contributed by atoms with E-state index >= 15 is 0 Å². The number of anilines is 1. The van der Waals surface area contributed by atoms with E-state index in [-0.39, 0.29) is 29.0 Å². The lowest BCUT2D eigenvalue weighted by Gasteiger charge is -2.18. The lowest BCUT2D eigenvalue weighted by molar-refractivity contribution is -0.122. The van der Waals surface area contributed by atoms with Crippen LogP contribution in [-0.4, -0.2) is 22.7 Å². The number of halogens is 1. The first kappa shape index (κ1) is 19.2. The van der Waals surface area contributed by atoms with Crippen LogP contribution in [0.3, 0.4) is 0 Å². The molecule has 0 radical (unpaired) electrons. The zero-order chi connectivity index (χ0) is 19.6. The van der Waals surface area contributed by atoms with Crippen molar-refractivity contribution in [1.29, 1.82) is 0 Å². The maximum Gasteiger partial charge on any atom is 0.295 e. The fraction of sp³-hybridized carbons (Fsp3) is 0.238. The number of carbonyl (C=O) groups excluding carboxylic acids is 2. The Kier molecular flexibility index (Phi) is 5.37. The molecule has 2 amide bonds. The molecule has 1 heterocycles. The van der Waals surface area contributed by atoms with Crippen molar-refractivity contribution in [3.63, 3.8) is 0 Å². The summed E-state index contributed by atoms with van der Waals surface area (Å²) in [6, 6.07) is 13.7. The van der Waals surface area contributed by atoms with Crippen LogP contribution in [0.2, 0.25) is 0 Å². The molecule has 140 valence electrons. The Morgan fingerprint density at radius 3 is 2.26 bits per heavy atom. The number of hydrogen-bond donors (Lipinski definition) is 1. The summed E-state index contributed by atoms with van der Waals surface area (Å²) in [4.78, 5) is 26.2. The molecule has 6 heteroatoms. The van der Waals surface area contributed by atoms with E-state index < -0.39 is 0 Å². The Morgan fingerprint density at radius 2 is 1.67 bits per heavy atom. The maximum atomic E-state index is 12.9. The minimum absolute atomic E-state index is 0.0383. The quantitative estimate of drug-likeness (QED) is 0.734. The highest BCUT2D eigenvalue weighted by molar-refractivity contribution is 8.18. The minimum Gasteiger partial charge on any atom is -0.367 e. The average molecular weight is 384 g/mol. The van der Waals surface area contributed by atoms with E-state index in [1.165, 1.54) is 17.7 Å². The lowest BCUT2D eigenvalue weighted by atomic mass is 9.87. The van der Waals surface area contributed by atoms with Crippen molar-refractivity contribution >= 4 is 34.7 Å². The molecule has 0 atom stereocenters. The van der Waals surface area contributed by atoms with E-state index in [2.05, 4.69) is 26.1 Å². The molecule has 4 nitrogen and oxygen atoms in total. The topological polar surface area (TPSA) is 49.4 Å². The van der Waals surface area contributed by atoms with Crippen molar-refractivity contribution < 1.29 is 14.0 Å². The Morgan fingerprint density at radius 1 is 1.04 bits per heavy atom. The third kappa shape index (κ3) is 4.57. The molecule has 0 spiro atoms. The molecule has 0 unspecified atom stereocenters. The number of nitrogens with zero attached hydrogens (tertiary/aromatic N) is 1. The van der Waals surface area contributed by atoms with Gasteiger partial charge < -0.3 is 5.32 Å². The van der Waals surface area contributed by atoms with E-state index in [1.54, 1.807) is 18.2 Å². The summed E-state index contributed by atoms with van der Waals surface area (Å²) in [6.45, 7) is 6.46. The highest BCUT2D eigenvalue weighted by Gasteiger charge is 2.34. The molecule has 1 N–H and O–H groups in total. The summed E-state index contributed by atoms with van der Waals surface area (Å²) in [5.41, 5.74) is 2.77. The molecule has 2 aromatic rings. The van der Waals surface area contributed by atoms with Crippen LogP contribution in [0.5, 0.6) is 0 Å². The van der Waals surface area contributed by atoms with E-state index in [0.29, 0.717) is 10.6 Å². The Balaban J connectivity index is 1.69. The van der Waals surface area contributed by atoms with Gasteiger partial charge in [-0.1, -0.05) is 45.0 Å². The molecule has 2 aromatic carbocycles. The molecule has 1 aliphatic rings. The monoisotopic (exact) mass is 384 g/mol. The largest absolute Gasteiger partial charge is 0.367 e. The van der Waals surface area contributed by atoms with Crippen LogP contribution < -0.4 is 5.32 Å². The van der Waals surface area contributed by atoms with Crippen molar-refractivity contribution in [2.75, 3.05) is 12.0 Å². The normalized spacial score (nSPS) is 16.3. The summed E-state index contributed by atoms with van der Waals surface area (Å²) >= 11 is 0.923. The van der Waals surface area contributed by atoms with Crippen LogP contribution in [0, 0.1) is 5.82 Å². The molecule has 1 aliphatic heterocycles. The molecular weight excluding hydrogens is 363 g/mol. The Hall–Kier alpha value is -2.60. The van der Waals surface area contributed by atoms with Crippen molar-refractivity contribution in [2.24, 2.45) is 0 Å². The van der Waals surface area contributed by atoms with Gasteiger partial charge in [-0.2, -0.15) is 0 Å². The molecule has 1 saturated heterocycles. The second-order valence-corrected chi connectivity index (χ2v) is 8.32. The number of benzene rings is 2. The predicted octanol–water partition coefficient (Wildman–Crippen LogP) is 5.23. The zero-order valence-corrected chi connectivity index (χ0v) is 16.3. The molecule has 27 heavy (non-hydrogen) atoms. The standard InChI is InChI=1S/C21H21FN2O2S/c1-21(2,3)15-6-4-14(5-7-15)12-18-19(25)24(20(26)27-18)13-23-17-10-8-16(22)9-11-17/h4-12,23H,13H2,1-3H3. The molecular formula is C21H21FN2O2S. The van der Waals surface area contributed by atoms with Crippen molar-refractivity contribution in [1.82, 2.24) is 4.90 Å². The Labute approximate surface area is 162 Å². The maximum absolute atomic E-state index is 12.9. The van der Waals surface area contributed by atoms with Gasteiger partial charge in [0.1, 0.15) is 5.82 Å². The number of imide groups is 1. The second kappa shape index (κ2) is 7.56. The number of amides is 2. The summed E-state index contributed by atoms with van der Waals surface area (Å²) in [5, 5.41) is 2.63. The third-order valence-electron chi connectivity index (χ3n) is 4.23. The molecule has 0 aromatic heterocycles. The number of rotatable bonds is 4. The van der Waals surface area contributed by atoms with Gasteiger partial charge in [0.2, 0.25) is 0 Å². The fourth-order valence-electron chi connectivity index (χ4n) is 2.61. The van der Waals surface area contributed by atoms with Crippen LogP contribution in [-0.2, 0) is 10.2 Å². The summed E-state index contributed by atoms with van der Waals surface area (Å²) in [5.74, 6) is -0.674. The van der Waals surface area contributed by atoms with Crippen LogP contribution in [0.1, 0.15) is 31.9 Å². The zero-order valence-electron chi connectivity index (χ0n) is 15.5. The van der Waals surface area contributed by atoms with Gasteiger partial charge in [0, 0.05) is 5.69 Å². The number of carbonyl (C=O) groups is 2. The van der Waals surface area contributed by atoms with E-state index in [0.717, 1.165) is 22.2 Å². The number of thioether (sulfide) groups is 1. The molecule has 3 rings (SSSR count). The van der Waals surface area contributed by atoms with Gasteiger partial charge in [0.15, 0.2) is 0 Å². The van der Waals surface area contributed by atoms with Crippen LogP contribution in [0.25, 0.3) is 6.08 Å². The smallest absolute Gasteiger partial charge is 0.295 e. The first-order valence-electron chi connectivity index (χ1n) is 8.59. The number of hydrogen-bond acceptors (Lipinski definition) is 4. The first-order chi connectivity index (χ1) is 12.7. The fourth-order valence-corrected chi connectivity index (χ4v) is 3.44. The SMILES string of the molecule is CC(C)(C)c1ccc(C=C2SC(=O)N(CNc3ccc(F)cc3)C2=O)cc1. The molecule has 1 fully saturated rings.